The summed E-state index contributed by atoms with van der Waals surface area (Å²) in [7, 11) is 2.94. The van der Waals surface area contributed by atoms with Gasteiger partial charge >= 0.3 is 6.09 Å². The lowest BCUT2D eigenvalue weighted by Gasteiger charge is -2.28. The number of hydrogen-bond acceptors (Lipinski definition) is 4. The van der Waals surface area contributed by atoms with Crippen molar-refractivity contribution in [2.24, 2.45) is 0 Å². The minimum absolute atomic E-state index is 0.340. The Morgan fingerprint density at radius 2 is 1.86 bits per heavy atom. The van der Waals surface area contributed by atoms with Gasteiger partial charge in [-0.25, -0.2) is 4.79 Å². The molecule has 1 N–H and O–H groups in total. The number of amides is 1. The van der Waals surface area contributed by atoms with E-state index in [1.165, 1.54) is 7.11 Å². The van der Waals surface area contributed by atoms with E-state index in [0.717, 1.165) is 16.9 Å². The lowest BCUT2D eigenvalue weighted by molar-refractivity contribution is 0.167. The molecule has 2 aromatic carbocycles. The highest BCUT2D eigenvalue weighted by atomic mass is 16.5. The molecule has 0 spiro atoms. The van der Waals surface area contributed by atoms with E-state index in [1.54, 1.807) is 7.11 Å². The van der Waals surface area contributed by atoms with Gasteiger partial charge in [0.2, 0.25) is 0 Å². The summed E-state index contributed by atoms with van der Waals surface area (Å²) < 4.78 is 15.8. The Balaban J connectivity index is 2.10. The number of carbonyl (C=O) groups is 1. The number of ether oxygens (including phenoxy) is 3. The number of para-hydroxylation sites is 1. The monoisotopic (exact) mass is 285 g/mol. The first-order chi connectivity index (χ1) is 10.2. The van der Waals surface area contributed by atoms with Gasteiger partial charge < -0.3 is 19.5 Å². The third-order valence-electron chi connectivity index (χ3n) is 3.43. The van der Waals surface area contributed by atoms with Crippen molar-refractivity contribution in [3.05, 3.63) is 53.6 Å². The van der Waals surface area contributed by atoms with Crippen LogP contribution in [-0.2, 0) is 4.74 Å². The van der Waals surface area contributed by atoms with Crippen molar-refractivity contribution < 1.29 is 19.0 Å². The smallest absolute Gasteiger partial charge is 0.407 e. The fourth-order valence-electron chi connectivity index (χ4n) is 2.40. The first-order valence-corrected chi connectivity index (χ1v) is 6.52. The Bertz CT molecular complexity index is 684. The zero-order chi connectivity index (χ0) is 14.8. The maximum Gasteiger partial charge on any atom is 0.407 e. The van der Waals surface area contributed by atoms with Crippen LogP contribution in [0.3, 0.4) is 0 Å². The zero-order valence-electron chi connectivity index (χ0n) is 11.8. The zero-order valence-corrected chi connectivity index (χ0v) is 11.8. The average Bonchev–Trinajstić information content (AvgIpc) is 2.54. The van der Waals surface area contributed by atoms with E-state index in [9.17, 15) is 4.79 Å². The molecule has 0 fully saturated rings. The van der Waals surface area contributed by atoms with E-state index in [0.29, 0.717) is 11.5 Å². The van der Waals surface area contributed by atoms with Gasteiger partial charge in [-0.1, -0.05) is 18.2 Å². The maximum absolute atomic E-state index is 11.6. The molecule has 0 aromatic heterocycles. The Morgan fingerprint density at radius 1 is 1.10 bits per heavy atom. The number of benzene rings is 2. The molecule has 0 saturated carbocycles. The predicted octanol–water partition coefficient (Wildman–Crippen LogP) is 3.25. The molecule has 1 amide bonds. The SMILES string of the molecule is COC(=O)N[C@@H]1c2ccccc2Oc2ccc(OC)cc21. The second kappa shape index (κ2) is 5.36. The molecule has 0 aliphatic carbocycles. The van der Waals surface area contributed by atoms with Crippen LogP contribution < -0.4 is 14.8 Å². The van der Waals surface area contributed by atoms with Gasteiger partial charge in [0.05, 0.1) is 20.3 Å². The highest BCUT2D eigenvalue weighted by Gasteiger charge is 2.29. The third kappa shape index (κ3) is 2.38. The van der Waals surface area contributed by atoms with Crippen LogP contribution in [0.25, 0.3) is 0 Å². The lowest BCUT2D eigenvalue weighted by atomic mass is 9.94. The first kappa shape index (κ1) is 13.3. The van der Waals surface area contributed by atoms with Gasteiger partial charge in [0.1, 0.15) is 17.2 Å². The third-order valence-corrected chi connectivity index (χ3v) is 3.43. The van der Waals surface area contributed by atoms with Gasteiger partial charge in [-0.2, -0.15) is 0 Å². The summed E-state index contributed by atoms with van der Waals surface area (Å²) in [6.07, 6.45) is -0.495. The van der Waals surface area contributed by atoms with Gasteiger partial charge in [0.15, 0.2) is 0 Å². The summed E-state index contributed by atoms with van der Waals surface area (Å²) in [5.74, 6) is 2.11. The number of rotatable bonds is 2. The Hall–Kier alpha value is -2.69. The molecule has 2 aromatic rings. The molecular formula is C16H15NO4. The van der Waals surface area contributed by atoms with E-state index < -0.39 is 6.09 Å². The van der Waals surface area contributed by atoms with Crippen molar-refractivity contribution in [3.8, 4) is 17.2 Å². The molecule has 1 heterocycles. The van der Waals surface area contributed by atoms with Crippen LogP contribution in [0.15, 0.2) is 42.5 Å². The minimum Gasteiger partial charge on any atom is -0.497 e. The van der Waals surface area contributed by atoms with Crippen LogP contribution >= 0.6 is 0 Å². The normalized spacial score (nSPS) is 15.2. The minimum atomic E-state index is -0.495. The highest BCUT2D eigenvalue weighted by Crippen LogP contribution is 2.43. The number of nitrogens with one attached hydrogen (secondary N) is 1. The van der Waals surface area contributed by atoms with Gasteiger partial charge in [-0.3, -0.25) is 0 Å². The summed E-state index contributed by atoms with van der Waals surface area (Å²) in [4.78, 5) is 11.6. The molecule has 1 atom stereocenters. The highest BCUT2D eigenvalue weighted by molar-refractivity contribution is 5.70. The van der Waals surface area contributed by atoms with Crippen LogP contribution in [-0.4, -0.2) is 20.3 Å². The Kier molecular flexibility index (Phi) is 3.39. The van der Waals surface area contributed by atoms with E-state index in [-0.39, 0.29) is 6.04 Å². The standard InChI is InChI=1S/C16H15NO4/c1-19-10-7-8-14-12(9-10)15(17-16(18)20-2)11-5-3-4-6-13(11)21-14/h3-9,15H,1-2H3,(H,17,18)/t15-/m1/s1. The van der Waals surface area contributed by atoms with Crippen LogP contribution in [0.2, 0.25) is 0 Å². The maximum atomic E-state index is 11.6. The molecule has 21 heavy (non-hydrogen) atoms. The fourth-order valence-corrected chi connectivity index (χ4v) is 2.40. The molecule has 108 valence electrons. The molecular weight excluding hydrogens is 270 g/mol. The van der Waals surface area contributed by atoms with Crippen molar-refractivity contribution in [3.63, 3.8) is 0 Å². The average molecular weight is 285 g/mol. The Labute approximate surface area is 122 Å². The van der Waals surface area contributed by atoms with Crippen molar-refractivity contribution in [1.29, 1.82) is 0 Å². The predicted molar refractivity (Wildman–Crippen MR) is 76.9 cm³/mol. The quantitative estimate of drug-likeness (QED) is 0.920. The number of fused-ring (bicyclic) bond motifs is 2. The van der Waals surface area contributed by atoms with E-state index in [2.05, 4.69) is 5.32 Å². The molecule has 3 rings (SSSR count). The van der Waals surface area contributed by atoms with Gasteiger partial charge in [-0.05, 0) is 24.3 Å². The summed E-state index contributed by atoms with van der Waals surface area (Å²) in [5.41, 5.74) is 1.71. The second-order valence-corrected chi connectivity index (χ2v) is 4.61. The lowest BCUT2D eigenvalue weighted by Crippen LogP contribution is -2.31. The second-order valence-electron chi connectivity index (χ2n) is 4.61. The molecule has 0 radical (unpaired) electrons. The number of hydrogen-bond donors (Lipinski definition) is 1. The summed E-state index contributed by atoms with van der Waals surface area (Å²) in [6.45, 7) is 0. The Morgan fingerprint density at radius 3 is 2.62 bits per heavy atom. The van der Waals surface area contributed by atoms with E-state index in [1.807, 2.05) is 42.5 Å². The van der Waals surface area contributed by atoms with Crippen molar-refractivity contribution >= 4 is 6.09 Å². The molecule has 1 aliphatic heterocycles. The largest absolute Gasteiger partial charge is 0.497 e. The van der Waals surface area contributed by atoms with Crippen LogP contribution in [0.1, 0.15) is 17.2 Å². The number of methoxy groups -OCH3 is 2. The fraction of sp³-hybridized carbons (Fsp3) is 0.188. The molecule has 5 nitrogen and oxygen atoms in total. The molecule has 0 bridgehead atoms. The summed E-state index contributed by atoms with van der Waals surface area (Å²) >= 11 is 0. The molecule has 0 saturated heterocycles. The van der Waals surface area contributed by atoms with Gasteiger partial charge in [-0.15, -0.1) is 0 Å². The van der Waals surface area contributed by atoms with Gasteiger partial charge in [0, 0.05) is 11.1 Å². The number of carbonyl (C=O) groups excluding carboxylic acids is 1. The summed E-state index contributed by atoms with van der Waals surface area (Å²) in [6, 6.07) is 12.7. The van der Waals surface area contributed by atoms with Crippen molar-refractivity contribution in [2.45, 2.75) is 6.04 Å². The first-order valence-electron chi connectivity index (χ1n) is 6.52. The molecule has 0 unspecified atom stereocenters. The van der Waals surface area contributed by atoms with Crippen LogP contribution in [0.4, 0.5) is 4.79 Å². The molecule has 1 aliphatic rings. The van der Waals surface area contributed by atoms with Crippen molar-refractivity contribution in [1.82, 2.24) is 5.32 Å². The van der Waals surface area contributed by atoms with Crippen molar-refractivity contribution in [2.75, 3.05) is 14.2 Å². The molecule has 5 heteroatoms. The van der Waals surface area contributed by atoms with Gasteiger partial charge in [0.25, 0.3) is 0 Å². The van der Waals surface area contributed by atoms with Crippen LogP contribution in [0, 0.1) is 0 Å². The van der Waals surface area contributed by atoms with Crippen LogP contribution in [0.5, 0.6) is 17.2 Å². The topological polar surface area (TPSA) is 56.8 Å². The summed E-state index contributed by atoms with van der Waals surface area (Å²) in [5, 5.41) is 2.84. The van der Waals surface area contributed by atoms with E-state index >= 15 is 0 Å². The van der Waals surface area contributed by atoms with E-state index in [4.69, 9.17) is 14.2 Å². The number of alkyl carbamates (subject to hydrolysis) is 1.